The Kier molecular flexibility index (Phi) is 7.26. The van der Waals surface area contributed by atoms with E-state index in [-0.39, 0.29) is 16.3 Å². The molecule has 4 aromatic carbocycles. The number of aryl methyl sites for hydroxylation is 2. The normalized spacial score (nSPS) is 11.0. The molecule has 0 saturated heterocycles. The Morgan fingerprint density at radius 2 is 1.44 bits per heavy atom. The van der Waals surface area contributed by atoms with Gasteiger partial charge in [-0.3, -0.25) is 9.52 Å². The topological polar surface area (TPSA) is 93.7 Å². The van der Waals surface area contributed by atoms with E-state index in [0.29, 0.717) is 22.7 Å². The molecule has 0 aromatic heterocycles. The zero-order valence-electron chi connectivity index (χ0n) is 20.1. The predicted octanol–water partition coefficient (Wildman–Crippen LogP) is 6.16. The van der Waals surface area contributed by atoms with Crippen LogP contribution >= 0.6 is 0 Å². The molecule has 0 spiro atoms. The number of carbonyl (C=O) groups is 1. The number of para-hydroxylation sites is 3. The van der Waals surface area contributed by atoms with Crippen molar-refractivity contribution < 1.29 is 22.7 Å². The van der Waals surface area contributed by atoms with Gasteiger partial charge in [0.1, 0.15) is 22.1 Å². The fourth-order valence-corrected chi connectivity index (χ4v) is 5.09. The number of rotatable bonds is 8. The Bertz CT molecular complexity index is 1480. The number of benzene rings is 4. The Labute approximate surface area is 210 Å². The molecule has 8 heteroatoms. The first-order chi connectivity index (χ1) is 17.3. The van der Waals surface area contributed by atoms with Gasteiger partial charge in [0.2, 0.25) is 0 Å². The van der Waals surface area contributed by atoms with Crippen LogP contribution in [0.4, 0.5) is 11.4 Å². The number of amides is 1. The quantitative estimate of drug-likeness (QED) is 0.301. The number of nitrogens with one attached hydrogen (secondary N) is 2. The molecule has 0 bridgehead atoms. The van der Waals surface area contributed by atoms with Crippen molar-refractivity contribution in [3.8, 4) is 17.2 Å². The minimum atomic E-state index is -4.02. The average Bonchev–Trinajstić information content (AvgIpc) is 2.87. The van der Waals surface area contributed by atoms with Gasteiger partial charge in [-0.15, -0.1) is 0 Å². The molecular weight excluding hydrogens is 476 g/mol. The summed E-state index contributed by atoms with van der Waals surface area (Å²) >= 11 is 0. The monoisotopic (exact) mass is 502 g/mol. The highest BCUT2D eigenvalue weighted by Gasteiger charge is 2.23. The Balaban J connectivity index is 1.63. The maximum Gasteiger partial charge on any atom is 0.265 e. The van der Waals surface area contributed by atoms with Crippen LogP contribution in [0.3, 0.4) is 0 Å². The molecule has 0 unspecified atom stereocenters. The highest BCUT2D eigenvalue weighted by Crippen LogP contribution is 2.32. The summed E-state index contributed by atoms with van der Waals surface area (Å²) < 4.78 is 40.5. The molecule has 0 atom stereocenters. The Morgan fingerprint density at radius 1 is 0.778 bits per heavy atom. The maximum absolute atomic E-state index is 13.3. The predicted molar refractivity (Wildman–Crippen MR) is 141 cm³/mol. The number of hydrogen-bond acceptors (Lipinski definition) is 5. The molecule has 2 N–H and O–H groups in total. The molecule has 0 radical (unpaired) electrons. The number of anilines is 2. The molecule has 184 valence electrons. The van der Waals surface area contributed by atoms with Gasteiger partial charge in [0.25, 0.3) is 15.9 Å². The van der Waals surface area contributed by atoms with E-state index >= 15 is 0 Å². The van der Waals surface area contributed by atoms with Crippen LogP contribution in [-0.4, -0.2) is 21.4 Å². The fourth-order valence-electron chi connectivity index (χ4n) is 3.69. The molecule has 36 heavy (non-hydrogen) atoms. The standard InChI is InChI=1S/C28H26N2O5S/c1-19-10-9-11-20(2)27(19)30-36(32,33)26-18-21(16-17-25(26)34-3)29-28(31)23-14-7-8-15-24(23)35-22-12-5-4-6-13-22/h4-18,30H,1-3H3,(H,29,31). The molecule has 0 aliphatic carbocycles. The maximum atomic E-state index is 13.3. The summed E-state index contributed by atoms with van der Waals surface area (Å²) in [5, 5.41) is 2.77. The summed E-state index contributed by atoms with van der Waals surface area (Å²) in [6, 6.07) is 25.9. The molecule has 4 aromatic rings. The third-order valence-electron chi connectivity index (χ3n) is 5.53. The van der Waals surface area contributed by atoms with Crippen LogP contribution in [-0.2, 0) is 10.0 Å². The molecule has 0 saturated carbocycles. The van der Waals surface area contributed by atoms with E-state index in [1.54, 1.807) is 42.5 Å². The second-order valence-electron chi connectivity index (χ2n) is 8.10. The van der Waals surface area contributed by atoms with Gasteiger partial charge in [-0.25, -0.2) is 8.42 Å². The number of ether oxygens (including phenoxy) is 2. The van der Waals surface area contributed by atoms with Crippen molar-refractivity contribution in [3.63, 3.8) is 0 Å². The summed E-state index contributed by atoms with van der Waals surface area (Å²) in [5.41, 5.74) is 2.67. The van der Waals surface area contributed by atoms with Gasteiger partial charge >= 0.3 is 0 Å². The summed E-state index contributed by atoms with van der Waals surface area (Å²) in [6.45, 7) is 3.65. The minimum Gasteiger partial charge on any atom is -0.495 e. The average molecular weight is 503 g/mol. The SMILES string of the molecule is COc1ccc(NC(=O)c2ccccc2Oc2ccccc2)cc1S(=O)(=O)Nc1c(C)cccc1C. The van der Waals surface area contributed by atoms with Gasteiger partial charge in [-0.1, -0.05) is 48.5 Å². The van der Waals surface area contributed by atoms with Gasteiger partial charge in [0.05, 0.1) is 18.4 Å². The first kappa shape index (κ1) is 24.8. The lowest BCUT2D eigenvalue weighted by atomic mass is 10.1. The number of sulfonamides is 1. The molecule has 7 nitrogen and oxygen atoms in total. The van der Waals surface area contributed by atoms with Gasteiger partial charge in [-0.05, 0) is 67.4 Å². The van der Waals surface area contributed by atoms with Crippen molar-refractivity contribution in [2.45, 2.75) is 18.7 Å². The second kappa shape index (κ2) is 10.5. The molecule has 0 heterocycles. The van der Waals surface area contributed by atoms with Crippen LogP contribution in [0.2, 0.25) is 0 Å². The Hall–Kier alpha value is -4.30. The van der Waals surface area contributed by atoms with Crippen molar-refractivity contribution in [2.75, 3.05) is 17.1 Å². The van der Waals surface area contributed by atoms with Gasteiger partial charge < -0.3 is 14.8 Å². The third-order valence-corrected chi connectivity index (χ3v) is 6.90. The van der Waals surface area contributed by atoms with E-state index in [9.17, 15) is 13.2 Å². The van der Waals surface area contributed by atoms with Gasteiger partial charge in [-0.2, -0.15) is 0 Å². The first-order valence-electron chi connectivity index (χ1n) is 11.2. The highest BCUT2D eigenvalue weighted by molar-refractivity contribution is 7.92. The summed E-state index contributed by atoms with van der Waals surface area (Å²) in [7, 11) is -2.63. The summed E-state index contributed by atoms with van der Waals surface area (Å²) in [4.78, 5) is 13.0. The van der Waals surface area contributed by atoms with Crippen molar-refractivity contribution in [2.24, 2.45) is 0 Å². The van der Waals surface area contributed by atoms with Crippen LogP contribution < -0.4 is 19.5 Å². The van der Waals surface area contributed by atoms with E-state index in [1.165, 1.54) is 19.2 Å². The molecule has 1 amide bonds. The van der Waals surface area contributed by atoms with E-state index in [2.05, 4.69) is 10.0 Å². The largest absolute Gasteiger partial charge is 0.495 e. The zero-order chi connectivity index (χ0) is 25.7. The molecular formula is C28H26N2O5S. The number of hydrogen-bond donors (Lipinski definition) is 2. The molecule has 4 rings (SSSR count). The highest BCUT2D eigenvalue weighted by atomic mass is 32.2. The number of carbonyl (C=O) groups excluding carboxylic acids is 1. The fraction of sp³-hybridized carbons (Fsp3) is 0.107. The van der Waals surface area contributed by atoms with Crippen LogP contribution in [0.5, 0.6) is 17.2 Å². The van der Waals surface area contributed by atoms with Gasteiger partial charge in [0, 0.05) is 5.69 Å². The molecule has 0 aliphatic rings. The second-order valence-corrected chi connectivity index (χ2v) is 9.75. The Morgan fingerprint density at radius 3 is 2.14 bits per heavy atom. The van der Waals surface area contributed by atoms with Crippen molar-refractivity contribution in [1.29, 1.82) is 0 Å². The summed E-state index contributed by atoms with van der Waals surface area (Å²) in [6.07, 6.45) is 0. The van der Waals surface area contributed by atoms with Crippen LogP contribution in [0.25, 0.3) is 0 Å². The van der Waals surface area contributed by atoms with Crippen LogP contribution in [0, 0.1) is 13.8 Å². The first-order valence-corrected chi connectivity index (χ1v) is 12.7. The van der Waals surface area contributed by atoms with E-state index < -0.39 is 15.9 Å². The number of methoxy groups -OCH3 is 1. The van der Waals surface area contributed by atoms with E-state index in [1.807, 2.05) is 50.2 Å². The molecule has 0 fully saturated rings. The van der Waals surface area contributed by atoms with Crippen molar-refractivity contribution in [1.82, 2.24) is 0 Å². The smallest absolute Gasteiger partial charge is 0.265 e. The lowest BCUT2D eigenvalue weighted by molar-refractivity contribution is 0.102. The lowest BCUT2D eigenvalue weighted by Gasteiger charge is -2.16. The summed E-state index contributed by atoms with van der Waals surface area (Å²) in [5.74, 6) is 0.671. The van der Waals surface area contributed by atoms with Gasteiger partial charge in [0.15, 0.2) is 0 Å². The lowest BCUT2D eigenvalue weighted by Crippen LogP contribution is -2.17. The zero-order valence-corrected chi connectivity index (χ0v) is 20.9. The molecule has 0 aliphatic heterocycles. The van der Waals surface area contributed by atoms with E-state index in [0.717, 1.165) is 11.1 Å². The van der Waals surface area contributed by atoms with Crippen LogP contribution in [0.1, 0.15) is 21.5 Å². The van der Waals surface area contributed by atoms with Crippen molar-refractivity contribution >= 4 is 27.3 Å². The van der Waals surface area contributed by atoms with E-state index in [4.69, 9.17) is 9.47 Å². The minimum absolute atomic E-state index is 0.0979. The van der Waals surface area contributed by atoms with Crippen molar-refractivity contribution in [3.05, 3.63) is 108 Å². The van der Waals surface area contributed by atoms with Crippen LogP contribution in [0.15, 0.2) is 95.9 Å². The third kappa shape index (κ3) is 5.50.